The molecule has 2 rings (SSSR count). The van der Waals surface area contributed by atoms with Crippen molar-refractivity contribution in [1.29, 1.82) is 0 Å². The predicted molar refractivity (Wildman–Crippen MR) is 129 cm³/mol. The van der Waals surface area contributed by atoms with E-state index in [2.05, 4.69) is 76.3 Å². The number of likely N-dealkylation sites (N-methyl/N-ethyl adjacent to an activating group) is 1. The van der Waals surface area contributed by atoms with Gasteiger partial charge in [0.15, 0.2) is 0 Å². The molecule has 154 valence electrons. The summed E-state index contributed by atoms with van der Waals surface area (Å²) in [6, 6.07) is 10.5. The number of hydrogen-bond acceptors (Lipinski definition) is 1. The molecular weight excluding hydrogens is 338 g/mol. The zero-order chi connectivity index (χ0) is 21.4. The molecule has 0 radical (unpaired) electrons. The molecule has 0 N–H and O–H groups in total. The van der Waals surface area contributed by atoms with Crippen molar-refractivity contribution in [1.82, 2.24) is 4.90 Å². The van der Waals surface area contributed by atoms with Crippen LogP contribution >= 0.6 is 0 Å². The SMILES string of the molecule is C=C(CC(C)CC)N(C)C(C)C1=CC=CC=CC1.C=Cc1ccccc1.CC. The smallest absolute Gasteiger partial charge is 0.0473 e. The second kappa shape index (κ2) is 15.7. The van der Waals surface area contributed by atoms with Gasteiger partial charge in [-0.15, -0.1) is 0 Å². The van der Waals surface area contributed by atoms with Gasteiger partial charge in [0.2, 0.25) is 0 Å². The summed E-state index contributed by atoms with van der Waals surface area (Å²) in [6.45, 7) is 18.7. The summed E-state index contributed by atoms with van der Waals surface area (Å²) < 4.78 is 0. The second-order valence-electron chi connectivity index (χ2n) is 6.94. The van der Waals surface area contributed by atoms with Crippen molar-refractivity contribution in [2.24, 2.45) is 5.92 Å². The largest absolute Gasteiger partial charge is 0.372 e. The van der Waals surface area contributed by atoms with Crippen LogP contribution in [0.3, 0.4) is 0 Å². The zero-order valence-electron chi connectivity index (χ0n) is 19.0. The minimum absolute atomic E-state index is 0.425. The van der Waals surface area contributed by atoms with Gasteiger partial charge in [-0.05, 0) is 36.8 Å². The monoisotopic (exact) mass is 379 g/mol. The maximum absolute atomic E-state index is 4.24. The molecule has 0 saturated heterocycles. The van der Waals surface area contributed by atoms with Crippen molar-refractivity contribution in [2.45, 2.75) is 59.9 Å². The van der Waals surface area contributed by atoms with Crippen LogP contribution in [0, 0.1) is 5.92 Å². The molecule has 1 nitrogen and oxygen atoms in total. The lowest BCUT2D eigenvalue weighted by Gasteiger charge is -2.31. The van der Waals surface area contributed by atoms with Crippen LogP contribution in [0.25, 0.3) is 6.08 Å². The Balaban J connectivity index is 0.000000604. The first-order valence-corrected chi connectivity index (χ1v) is 10.6. The van der Waals surface area contributed by atoms with Crippen molar-refractivity contribution in [3.63, 3.8) is 0 Å². The molecule has 2 atom stereocenters. The van der Waals surface area contributed by atoms with Crippen molar-refractivity contribution < 1.29 is 0 Å². The topological polar surface area (TPSA) is 3.24 Å². The Morgan fingerprint density at radius 3 is 2.29 bits per heavy atom. The quantitative estimate of drug-likeness (QED) is 0.463. The summed E-state index contributed by atoms with van der Waals surface area (Å²) in [5.74, 6) is 0.718. The maximum atomic E-state index is 4.24. The van der Waals surface area contributed by atoms with Crippen molar-refractivity contribution >= 4 is 6.08 Å². The van der Waals surface area contributed by atoms with Crippen LogP contribution in [0.2, 0.25) is 0 Å². The number of allylic oxidation sites excluding steroid dienone is 6. The van der Waals surface area contributed by atoms with Crippen molar-refractivity contribution in [2.75, 3.05) is 7.05 Å². The third kappa shape index (κ3) is 10.2. The lowest BCUT2D eigenvalue weighted by molar-refractivity contribution is 0.328. The van der Waals surface area contributed by atoms with E-state index in [4.69, 9.17) is 0 Å². The van der Waals surface area contributed by atoms with Gasteiger partial charge in [-0.25, -0.2) is 0 Å². The first-order chi connectivity index (χ1) is 13.5. The number of rotatable bonds is 7. The Hall–Kier alpha value is -2.28. The fourth-order valence-corrected chi connectivity index (χ4v) is 2.71. The molecule has 28 heavy (non-hydrogen) atoms. The lowest BCUT2D eigenvalue weighted by atomic mass is 9.99. The molecule has 0 bridgehead atoms. The highest BCUT2D eigenvalue weighted by Gasteiger charge is 2.16. The highest BCUT2D eigenvalue weighted by molar-refractivity contribution is 5.45. The third-order valence-corrected chi connectivity index (χ3v) is 4.95. The van der Waals surface area contributed by atoms with Crippen LogP contribution in [0.1, 0.15) is 59.4 Å². The van der Waals surface area contributed by atoms with E-state index in [0.29, 0.717) is 6.04 Å². The van der Waals surface area contributed by atoms with Crippen LogP contribution in [-0.2, 0) is 0 Å². The fraction of sp³-hybridized carbons (Fsp3) is 0.407. The molecule has 0 spiro atoms. The fourth-order valence-electron chi connectivity index (χ4n) is 2.71. The Kier molecular flexibility index (Phi) is 14.5. The van der Waals surface area contributed by atoms with Gasteiger partial charge in [0.1, 0.15) is 0 Å². The summed E-state index contributed by atoms with van der Waals surface area (Å²) in [4.78, 5) is 2.32. The van der Waals surface area contributed by atoms with Gasteiger partial charge in [0.25, 0.3) is 0 Å². The van der Waals surface area contributed by atoms with E-state index in [0.717, 1.165) is 18.8 Å². The van der Waals surface area contributed by atoms with Gasteiger partial charge in [-0.1, -0.05) is 114 Å². The molecule has 2 unspecified atom stereocenters. The maximum Gasteiger partial charge on any atom is 0.0473 e. The second-order valence-corrected chi connectivity index (χ2v) is 6.94. The molecule has 1 aliphatic carbocycles. The number of benzene rings is 1. The average Bonchev–Trinajstić information content (AvgIpc) is 3.04. The molecular formula is C27H41N. The van der Waals surface area contributed by atoms with Crippen LogP contribution in [0.15, 0.2) is 85.1 Å². The van der Waals surface area contributed by atoms with E-state index in [9.17, 15) is 0 Å². The van der Waals surface area contributed by atoms with E-state index in [1.54, 1.807) is 0 Å². The molecule has 1 aromatic carbocycles. The minimum atomic E-state index is 0.425. The van der Waals surface area contributed by atoms with E-state index in [1.165, 1.54) is 23.3 Å². The Morgan fingerprint density at radius 2 is 1.75 bits per heavy atom. The molecule has 0 heterocycles. The van der Waals surface area contributed by atoms with Crippen LogP contribution in [0.4, 0.5) is 0 Å². The molecule has 0 aromatic heterocycles. The molecule has 0 amide bonds. The average molecular weight is 380 g/mol. The third-order valence-electron chi connectivity index (χ3n) is 4.95. The normalized spacial score (nSPS) is 14.1. The summed E-state index contributed by atoms with van der Waals surface area (Å²) in [7, 11) is 2.16. The molecule has 1 aliphatic rings. The van der Waals surface area contributed by atoms with Gasteiger partial charge in [-0.2, -0.15) is 0 Å². The lowest BCUT2D eigenvalue weighted by Crippen LogP contribution is -2.30. The van der Waals surface area contributed by atoms with Crippen LogP contribution in [-0.4, -0.2) is 18.0 Å². The summed E-state index contributed by atoms with van der Waals surface area (Å²) in [6.07, 6.45) is 16.0. The van der Waals surface area contributed by atoms with E-state index >= 15 is 0 Å². The molecule has 0 saturated carbocycles. The molecule has 1 heteroatoms. The number of nitrogens with zero attached hydrogens (tertiary/aromatic N) is 1. The van der Waals surface area contributed by atoms with Crippen molar-refractivity contribution in [3.05, 3.63) is 90.7 Å². The summed E-state index contributed by atoms with van der Waals surface area (Å²) in [5, 5.41) is 0. The first kappa shape index (κ1) is 25.7. The molecule has 1 aromatic rings. The predicted octanol–water partition coefficient (Wildman–Crippen LogP) is 8.05. The Morgan fingerprint density at radius 1 is 1.11 bits per heavy atom. The highest BCUT2D eigenvalue weighted by atomic mass is 15.1. The van der Waals surface area contributed by atoms with Crippen LogP contribution < -0.4 is 0 Å². The van der Waals surface area contributed by atoms with Gasteiger partial charge >= 0.3 is 0 Å². The van der Waals surface area contributed by atoms with Gasteiger partial charge < -0.3 is 4.90 Å². The van der Waals surface area contributed by atoms with Gasteiger partial charge in [-0.3, -0.25) is 0 Å². The van der Waals surface area contributed by atoms with E-state index < -0.39 is 0 Å². The Labute approximate surface area is 174 Å². The van der Waals surface area contributed by atoms with Crippen molar-refractivity contribution in [3.8, 4) is 0 Å². The summed E-state index contributed by atoms with van der Waals surface area (Å²) in [5.41, 5.74) is 3.87. The minimum Gasteiger partial charge on any atom is -0.372 e. The first-order valence-electron chi connectivity index (χ1n) is 10.6. The molecule has 0 aliphatic heterocycles. The van der Waals surface area contributed by atoms with Gasteiger partial charge in [0, 0.05) is 18.8 Å². The van der Waals surface area contributed by atoms with E-state index in [-0.39, 0.29) is 0 Å². The summed E-state index contributed by atoms with van der Waals surface area (Å²) >= 11 is 0. The highest BCUT2D eigenvalue weighted by Crippen LogP contribution is 2.22. The Bertz CT molecular complexity index is 633. The molecule has 0 fully saturated rings. The van der Waals surface area contributed by atoms with Gasteiger partial charge in [0.05, 0.1) is 0 Å². The number of hydrogen-bond donors (Lipinski definition) is 0. The zero-order valence-corrected chi connectivity index (χ0v) is 19.0. The van der Waals surface area contributed by atoms with E-state index in [1.807, 2.05) is 50.3 Å². The standard InChI is InChI=1S/C17H27N.C8H8.C2H6/c1-6-14(2)13-15(3)18(5)16(4)17-11-9-7-8-10-12-17;1-2-8-6-4-3-5-7-8;1-2/h7-11,14,16H,3,6,12-13H2,1-2,4-5H3;2-7H,1H2;1-2H3. The van der Waals surface area contributed by atoms with Crippen LogP contribution in [0.5, 0.6) is 0 Å².